The first-order chi connectivity index (χ1) is 14.7. The highest BCUT2D eigenvalue weighted by atomic mass is 16.1. The average molecular weight is 408 g/mol. The second kappa shape index (κ2) is 11.4. The lowest BCUT2D eigenvalue weighted by Gasteiger charge is -2.34. The number of aliphatic imine (C=N–C) groups is 1. The number of rotatable bonds is 7. The number of carbonyl (C=O) groups is 1. The van der Waals surface area contributed by atoms with Crippen LogP contribution in [0.2, 0.25) is 0 Å². The molecule has 3 N–H and O–H groups in total. The summed E-state index contributed by atoms with van der Waals surface area (Å²) in [6.45, 7) is 3.91. The van der Waals surface area contributed by atoms with E-state index in [-0.39, 0.29) is 5.91 Å². The summed E-state index contributed by atoms with van der Waals surface area (Å²) in [5, 5.41) is 9.66. The zero-order chi connectivity index (χ0) is 21.2. The summed E-state index contributed by atoms with van der Waals surface area (Å²) in [5.74, 6) is 0.781. The third kappa shape index (κ3) is 6.59. The smallest absolute Gasteiger partial charge is 0.251 e. The Balaban J connectivity index is 1.45. The molecule has 1 aliphatic rings. The second-order valence-corrected chi connectivity index (χ2v) is 7.73. The molecular formula is C24H33N5O. The van der Waals surface area contributed by atoms with Crippen molar-refractivity contribution in [1.82, 2.24) is 20.9 Å². The zero-order valence-electron chi connectivity index (χ0n) is 18.0. The molecule has 6 nitrogen and oxygen atoms in total. The van der Waals surface area contributed by atoms with Crippen molar-refractivity contribution in [2.75, 3.05) is 33.7 Å². The Hall–Kier alpha value is -2.86. The number of amides is 1. The number of hydrogen-bond donors (Lipinski definition) is 3. The quantitative estimate of drug-likeness (QED) is 0.487. The van der Waals surface area contributed by atoms with Gasteiger partial charge in [0.15, 0.2) is 5.96 Å². The van der Waals surface area contributed by atoms with Gasteiger partial charge in [-0.2, -0.15) is 0 Å². The monoisotopic (exact) mass is 407 g/mol. The Morgan fingerprint density at radius 2 is 1.93 bits per heavy atom. The van der Waals surface area contributed by atoms with Crippen LogP contribution < -0.4 is 16.0 Å². The minimum Gasteiger partial charge on any atom is -0.356 e. The largest absolute Gasteiger partial charge is 0.356 e. The van der Waals surface area contributed by atoms with Gasteiger partial charge in [0.2, 0.25) is 0 Å². The molecular weight excluding hydrogens is 374 g/mol. The summed E-state index contributed by atoms with van der Waals surface area (Å²) in [4.78, 5) is 18.7. The van der Waals surface area contributed by atoms with Crippen LogP contribution >= 0.6 is 0 Å². The van der Waals surface area contributed by atoms with Crippen molar-refractivity contribution in [3.63, 3.8) is 0 Å². The predicted octanol–water partition coefficient (Wildman–Crippen LogP) is 2.42. The van der Waals surface area contributed by atoms with E-state index in [1.807, 2.05) is 31.3 Å². The van der Waals surface area contributed by atoms with Gasteiger partial charge >= 0.3 is 0 Å². The van der Waals surface area contributed by atoms with Crippen molar-refractivity contribution >= 4 is 11.9 Å². The van der Waals surface area contributed by atoms with Gasteiger partial charge in [0.25, 0.3) is 5.91 Å². The number of piperidine rings is 1. The molecule has 2 aromatic rings. The normalized spacial score (nSPS) is 17.4. The third-order valence-corrected chi connectivity index (χ3v) is 5.44. The SMILES string of the molecule is CN=C(NCCc1cccc(C(=O)NC)c1)NC1CCCN(Cc2ccccc2)C1. The second-order valence-electron chi connectivity index (χ2n) is 7.73. The molecule has 1 aliphatic heterocycles. The van der Waals surface area contributed by atoms with E-state index in [1.54, 1.807) is 7.05 Å². The van der Waals surface area contributed by atoms with Crippen molar-refractivity contribution < 1.29 is 4.79 Å². The Bertz CT molecular complexity index is 836. The zero-order valence-corrected chi connectivity index (χ0v) is 18.0. The molecule has 1 atom stereocenters. The molecule has 0 radical (unpaired) electrons. The number of benzene rings is 2. The molecule has 1 saturated heterocycles. The number of nitrogens with zero attached hydrogens (tertiary/aromatic N) is 2. The molecule has 1 unspecified atom stereocenters. The first kappa shape index (κ1) is 21.8. The number of guanidine groups is 1. The van der Waals surface area contributed by atoms with Gasteiger partial charge in [0.1, 0.15) is 0 Å². The number of nitrogens with one attached hydrogen (secondary N) is 3. The van der Waals surface area contributed by atoms with Crippen LogP contribution in [-0.2, 0) is 13.0 Å². The summed E-state index contributed by atoms with van der Waals surface area (Å²) >= 11 is 0. The molecule has 30 heavy (non-hydrogen) atoms. The molecule has 2 aromatic carbocycles. The minimum atomic E-state index is -0.0559. The Morgan fingerprint density at radius 3 is 2.70 bits per heavy atom. The summed E-state index contributed by atoms with van der Waals surface area (Å²) in [5.41, 5.74) is 3.18. The summed E-state index contributed by atoms with van der Waals surface area (Å²) in [6, 6.07) is 18.8. The van der Waals surface area contributed by atoms with Crippen LogP contribution in [0.4, 0.5) is 0 Å². The molecule has 160 valence electrons. The van der Waals surface area contributed by atoms with E-state index in [0.29, 0.717) is 11.6 Å². The fourth-order valence-corrected chi connectivity index (χ4v) is 3.88. The van der Waals surface area contributed by atoms with E-state index >= 15 is 0 Å². The van der Waals surface area contributed by atoms with E-state index in [9.17, 15) is 4.79 Å². The van der Waals surface area contributed by atoms with Crippen LogP contribution in [0.25, 0.3) is 0 Å². The van der Waals surface area contributed by atoms with E-state index in [4.69, 9.17) is 0 Å². The standard InChI is InChI=1S/C24H33N5O/c1-25-23(30)21-11-6-10-19(16-21)13-14-27-24(26-2)28-22-12-7-15-29(18-22)17-20-8-4-3-5-9-20/h3-6,8-11,16,22H,7,12-15,17-18H2,1-2H3,(H,25,30)(H2,26,27,28). The maximum atomic E-state index is 11.8. The van der Waals surface area contributed by atoms with Crippen molar-refractivity contribution in [1.29, 1.82) is 0 Å². The van der Waals surface area contributed by atoms with Crippen molar-refractivity contribution in [2.45, 2.75) is 31.8 Å². The topological polar surface area (TPSA) is 68.8 Å². The first-order valence-corrected chi connectivity index (χ1v) is 10.7. The lowest BCUT2D eigenvalue weighted by atomic mass is 10.0. The van der Waals surface area contributed by atoms with Crippen molar-refractivity contribution in [3.05, 3.63) is 71.3 Å². The molecule has 6 heteroatoms. The maximum Gasteiger partial charge on any atom is 0.251 e. The lowest BCUT2D eigenvalue weighted by molar-refractivity contribution is 0.0963. The Kier molecular flexibility index (Phi) is 8.27. The van der Waals surface area contributed by atoms with E-state index in [2.05, 4.69) is 56.2 Å². The van der Waals surface area contributed by atoms with Crippen LogP contribution in [0, 0.1) is 0 Å². The van der Waals surface area contributed by atoms with Crippen LogP contribution in [-0.4, -0.2) is 56.5 Å². The Labute approximate surface area is 179 Å². The van der Waals surface area contributed by atoms with Gasteiger partial charge in [0.05, 0.1) is 0 Å². The van der Waals surface area contributed by atoms with Gasteiger partial charge in [-0.3, -0.25) is 14.7 Å². The summed E-state index contributed by atoms with van der Waals surface area (Å²) in [6.07, 6.45) is 3.17. The molecule has 1 amide bonds. The Morgan fingerprint density at radius 1 is 1.13 bits per heavy atom. The molecule has 0 aliphatic carbocycles. The van der Waals surface area contributed by atoms with Gasteiger partial charge < -0.3 is 16.0 Å². The molecule has 1 heterocycles. The number of hydrogen-bond acceptors (Lipinski definition) is 3. The molecule has 0 spiro atoms. The van der Waals surface area contributed by atoms with Gasteiger partial charge in [-0.05, 0) is 49.1 Å². The highest BCUT2D eigenvalue weighted by Gasteiger charge is 2.20. The van der Waals surface area contributed by atoms with Gasteiger partial charge in [0, 0.05) is 45.3 Å². The van der Waals surface area contributed by atoms with E-state index in [0.717, 1.165) is 50.5 Å². The molecule has 3 rings (SSSR count). The van der Waals surface area contributed by atoms with Gasteiger partial charge in [-0.1, -0.05) is 42.5 Å². The predicted molar refractivity (Wildman–Crippen MR) is 123 cm³/mol. The first-order valence-electron chi connectivity index (χ1n) is 10.7. The molecule has 0 aromatic heterocycles. The highest BCUT2D eigenvalue weighted by Crippen LogP contribution is 2.13. The fourth-order valence-electron chi connectivity index (χ4n) is 3.88. The highest BCUT2D eigenvalue weighted by molar-refractivity contribution is 5.94. The minimum absolute atomic E-state index is 0.0559. The maximum absolute atomic E-state index is 11.8. The van der Waals surface area contributed by atoms with Crippen LogP contribution in [0.15, 0.2) is 59.6 Å². The fraction of sp³-hybridized carbons (Fsp3) is 0.417. The van der Waals surface area contributed by atoms with Crippen molar-refractivity contribution in [3.8, 4) is 0 Å². The third-order valence-electron chi connectivity index (χ3n) is 5.44. The van der Waals surface area contributed by atoms with Crippen molar-refractivity contribution in [2.24, 2.45) is 4.99 Å². The molecule has 0 saturated carbocycles. The van der Waals surface area contributed by atoms with E-state index < -0.39 is 0 Å². The number of likely N-dealkylation sites (tertiary alicyclic amines) is 1. The molecule has 0 bridgehead atoms. The molecule has 1 fully saturated rings. The van der Waals surface area contributed by atoms with E-state index in [1.165, 1.54) is 12.0 Å². The summed E-state index contributed by atoms with van der Waals surface area (Å²) < 4.78 is 0. The van der Waals surface area contributed by atoms with Crippen LogP contribution in [0.1, 0.15) is 34.3 Å². The van der Waals surface area contributed by atoms with Gasteiger partial charge in [-0.15, -0.1) is 0 Å². The lowest BCUT2D eigenvalue weighted by Crippen LogP contribution is -2.51. The van der Waals surface area contributed by atoms with Gasteiger partial charge in [-0.25, -0.2) is 0 Å². The van der Waals surface area contributed by atoms with Crippen LogP contribution in [0.5, 0.6) is 0 Å². The summed E-state index contributed by atoms with van der Waals surface area (Å²) in [7, 11) is 3.46. The average Bonchev–Trinajstić information content (AvgIpc) is 2.79. The number of carbonyl (C=O) groups excluding carboxylic acids is 1. The van der Waals surface area contributed by atoms with Crippen LogP contribution in [0.3, 0.4) is 0 Å².